The molecule has 2 aromatic rings. The van der Waals surface area contributed by atoms with Crippen LogP contribution in [0.2, 0.25) is 19.4 Å². The van der Waals surface area contributed by atoms with Crippen molar-refractivity contribution in [3.05, 3.63) is 65.4 Å². The van der Waals surface area contributed by atoms with E-state index in [4.69, 9.17) is 14.0 Å². The summed E-state index contributed by atoms with van der Waals surface area (Å²) in [4.78, 5) is 0. The first-order valence-electron chi connectivity index (χ1n) is 10.3. The highest BCUT2D eigenvalue weighted by Crippen LogP contribution is 2.39. The summed E-state index contributed by atoms with van der Waals surface area (Å²) in [5, 5.41) is 2.82. The average molecular weight is 408 g/mol. The highest BCUT2D eigenvalue weighted by molar-refractivity contribution is 6.96. The fourth-order valence-electron chi connectivity index (χ4n) is 3.66. The Morgan fingerprint density at radius 2 is 1.48 bits per heavy atom. The molecule has 5 heteroatoms. The Bertz CT molecular complexity index is 841. The first-order chi connectivity index (χ1) is 13.5. The van der Waals surface area contributed by atoms with Gasteiger partial charge in [0.05, 0.1) is 18.3 Å². The third kappa shape index (κ3) is 4.68. The van der Waals surface area contributed by atoms with Gasteiger partial charge in [0.1, 0.15) is 13.8 Å². The number of rotatable bonds is 6. The van der Waals surface area contributed by atoms with E-state index in [-0.39, 0.29) is 18.3 Å². The van der Waals surface area contributed by atoms with Crippen LogP contribution in [-0.4, -0.2) is 33.5 Å². The zero-order valence-corrected chi connectivity index (χ0v) is 19.8. The summed E-state index contributed by atoms with van der Waals surface area (Å²) in [6, 6.07) is 19.1. The molecule has 0 aromatic heterocycles. The zero-order chi connectivity index (χ0) is 21.3. The molecule has 0 atom stereocenters. The van der Waals surface area contributed by atoms with Gasteiger partial charge in [0.15, 0.2) is 0 Å². The van der Waals surface area contributed by atoms with Gasteiger partial charge in [0.25, 0.3) is 0 Å². The molecule has 0 aliphatic carbocycles. The lowest BCUT2D eigenvalue weighted by atomic mass is 9.84. The summed E-state index contributed by atoms with van der Waals surface area (Å²) in [5.74, 6) is 0.870. The van der Waals surface area contributed by atoms with Crippen LogP contribution in [0.1, 0.15) is 33.3 Å². The molecule has 1 saturated heterocycles. The molecule has 1 aliphatic heterocycles. The predicted octanol–water partition coefficient (Wildman–Crippen LogP) is 5.33. The molecule has 0 amide bonds. The number of benzene rings is 2. The van der Waals surface area contributed by atoms with Gasteiger partial charge < -0.3 is 14.0 Å². The topological polar surface area (TPSA) is 27.7 Å². The molecule has 3 rings (SSSR count). The van der Waals surface area contributed by atoms with Gasteiger partial charge in [-0.2, -0.15) is 0 Å². The summed E-state index contributed by atoms with van der Waals surface area (Å²) in [6.45, 7) is 13.3. The molecule has 1 aliphatic rings. The maximum absolute atomic E-state index is 6.34. The number of hydrogen-bond acceptors (Lipinski definition) is 3. The smallest absolute Gasteiger partial charge is 0.461 e. The fraction of sp³-hybridized carbons (Fsp3) is 0.417. The number of methoxy groups -OCH3 is 1. The van der Waals surface area contributed by atoms with E-state index in [0.717, 1.165) is 12.1 Å². The maximum Gasteiger partial charge on any atom is 0.461 e. The second-order valence-electron chi connectivity index (χ2n) is 9.32. The van der Waals surface area contributed by atoms with Gasteiger partial charge in [-0.1, -0.05) is 72.0 Å². The molecule has 0 N–H and O–H groups in total. The molecule has 0 unspecified atom stereocenters. The van der Waals surface area contributed by atoms with Crippen LogP contribution in [0.4, 0.5) is 0 Å². The van der Waals surface area contributed by atoms with E-state index in [2.05, 4.69) is 89.3 Å². The molecule has 2 aromatic carbocycles. The quantitative estimate of drug-likeness (QED) is 0.605. The summed E-state index contributed by atoms with van der Waals surface area (Å²) in [6.07, 6.45) is 3.09. The van der Waals surface area contributed by atoms with Crippen molar-refractivity contribution in [1.29, 1.82) is 0 Å². The van der Waals surface area contributed by atoms with E-state index in [0.29, 0.717) is 0 Å². The summed E-state index contributed by atoms with van der Waals surface area (Å²) >= 11 is 0. The van der Waals surface area contributed by atoms with Gasteiger partial charge in [-0.25, -0.2) is 0 Å². The summed E-state index contributed by atoms with van der Waals surface area (Å²) in [7, 11) is -0.446. The zero-order valence-electron chi connectivity index (χ0n) is 18.8. The monoisotopic (exact) mass is 408 g/mol. The molecule has 0 bridgehead atoms. The largest absolute Gasteiger partial charge is 0.497 e. The molecular formula is C24H33BO3Si. The van der Waals surface area contributed by atoms with Crippen LogP contribution in [0.5, 0.6) is 5.75 Å². The second kappa shape index (κ2) is 8.13. The van der Waals surface area contributed by atoms with Crippen molar-refractivity contribution in [3.8, 4) is 5.75 Å². The Hall–Kier alpha value is -1.82. The van der Waals surface area contributed by atoms with Gasteiger partial charge in [-0.15, -0.1) is 0 Å². The molecule has 1 heterocycles. The standard InChI is InChI=1S/C24H33BO3Si/c1-23(2)24(3,4)28-25(27-23)18-22(17-19-13-15-20(26-5)16-14-19)29(6,7)21-11-9-8-10-12-21/h8-17H,18H2,1-7H3/b22-17+. The van der Waals surface area contributed by atoms with Crippen LogP contribution in [0, 0.1) is 0 Å². The molecule has 154 valence electrons. The third-order valence-corrected chi connectivity index (χ3v) is 10.2. The lowest BCUT2D eigenvalue weighted by molar-refractivity contribution is 0.00578. The highest BCUT2D eigenvalue weighted by Gasteiger charge is 2.51. The minimum atomic E-state index is -1.90. The number of allylic oxidation sites excluding steroid dienone is 1. The predicted molar refractivity (Wildman–Crippen MR) is 125 cm³/mol. The molecule has 0 saturated carbocycles. The van der Waals surface area contributed by atoms with Crippen LogP contribution in [0.25, 0.3) is 6.08 Å². The van der Waals surface area contributed by atoms with Crippen molar-refractivity contribution in [2.24, 2.45) is 0 Å². The van der Waals surface area contributed by atoms with Crippen molar-refractivity contribution in [3.63, 3.8) is 0 Å². The summed E-state index contributed by atoms with van der Waals surface area (Å²) in [5.41, 5.74) is 0.539. The number of hydrogen-bond donors (Lipinski definition) is 0. The van der Waals surface area contributed by atoms with Gasteiger partial charge >= 0.3 is 7.12 Å². The van der Waals surface area contributed by atoms with Gasteiger partial charge in [0.2, 0.25) is 0 Å². The van der Waals surface area contributed by atoms with Gasteiger partial charge in [-0.05, 0) is 45.4 Å². The maximum atomic E-state index is 6.34. The van der Waals surface area contributed by atoms with Crippen molar-refractivity contribution in [2.75, 3.05) is 7.11 Å². The molecule has 3 nitrogen and oxygen atoms in total. The Balaban J connectivity index is 1.96. The van der Waals surface area contributed by atoms with E-state index in [1.165, 1.54) is 15.9 Å². The summed E-state index contributed by atoms with van der Waals surface area (Å²) < 4.78 is 18.0. The van der Waals surface area contributed by atoms with Crippen LogP contribution < -0.4 is 9.92 Å². The normalized spacial score (nSPS) is 18.7. The SMILES string of the molecule is COc1ccc(/C=C(\CB2OC(C)(C)C(C)(C)O2)[Si](C)(C)c2ccccc2)cc1. The lowest BCUT2D eigenvalue weighted by Gasteiger charge is -2.32. The van der Waals surface area contributed by atoms with E-state index in [9.17, 15) is 0 Å². The molecule has 0 radical (unpaired) electrons. The van der Waals surface area contributed by atoms with E-state index < -0.39 is 8.07 Å². The molecule has 29 heavy (non-hydrogen) atoms. The first-order valence-corrected chi connectivity index (χ1v) is 13.3. The number of ether oxygens (including phenoxy) is 1. The Labute approximate surface area is 177 Å². The molecule has 0 spiro atoms. The third-order valence-electron chi connectivity index (χ3n) is 6.44. The Morgan fingerprint density at radius 1 is 0.931 bits per heavy atom. The van der Waals surface area contributed by atoms with Crippen LogP contribution >= 0.6 is 0 Å². The Morgan fingerprint density at radius 3 is 2.00 bits per heavy atom. The lowest BCUT2D eigenvalue weighted by Crippen LogP contribution is -2.45. The van der Waals surface area contributed by atoms with Crippen molar-refractivity contribution >= 4 is 26.5 Å². The Kier molecular flexibility index (Phi) is 6.14. The second-order valence-corrected chi connectivity index (χ2v) is 13.8. The van der Waals surface area contributed by atoms with Crippen LogP contribution in [-0.2, 0) is 9.31 Å². The van der Waals surface area contributed by atoms with Gasteiger partial charge in [-0.3, -0.25) is 0 Å². The highest BCUT2D eigenvalue weighted by atomic mass is 28.3. The fourth-order valence-corrected chi connectivity index (χ4v) is 6.27. The minimum Gasteiger partial charge on any atom is -0.497 e. The van der Waals surface area contributed by atoms with Crippen LogP contribution in [0.3, 0.4) is 0 Å². The average Bonchev–Trinajstić information content (AvgIpc) is 2.88. The van der Waals surface area contributed by atoms with Crippen molar-refractivity contribution in [1.82, 2.24) is 0 Å². The minimum absolute atomic E-state index is 0.236. The molecular weight excluding hydrogens is 375 g/mol. The van der Waals surface area contributed by atoms with Gasteiger partial charge in [0, 0.05) is 6.32 Å². The van der Waals surface area contributed by atoms with Crippen LogP contribution in [0.15, 0.2) is 59.8 Å². The van der Waals surface area contributed by atoms with Crippen molar-refractivity contribution < 1.29 is 14.0 Å². The van der Waals surface area contributed by atoms with Crippen molar-refractivity contribution in [2.45, 2.75) is 58.3 Å². The van der Waals surface area contributed by atoms with E-state index >= 15 is 0 Å². The first kappa shape index (κ1) is 21.9. The molecule has 1 fully saturated rings. The van der Waals surface area contributed by atoms with E-state index in [1.54, 1.807) is 7.11 Å². The van der Waals surface area contributed by atoms with E-state index in [1.807, 2.05) is 12.1 Å².